The summed E-state index contributed by atoms with van der Waals surface area (Å²) in [4.78, 5) is 6.58. The lowest BCUT2D eigenvalue weighted by atomic mass is 10.0. The third kappa shape index (κ3) is 3.55. The zero-order valence-corrected chi connectivity index (χ0v) is 13.2. The topological polar surface area (TPSA) is 18.5 Å². The third-order valence-corrected chi connectivity index (χ3v) is 5.59. The minimum absolute atomic E-state index is 0.712. The molecular weight excluding hydrogens is 266 g/mol. The van der Waals surface area contributed by atoms with Gasteiger partial charge < -0.3 is 10.2 Å². The second-order valence-electron chi connectivity index (χ2n) is 5.90. The third-order valence-electron chi connectivity index (χ3n) is 4.34. The van der Waals surface area contributed by atoms with Crippen molar-refractivity contribution in [1.82, 2.24) is 15.1 Å². The molecule has 0 saturated carbocycles. The monoisotopic (exact) mass is 291 g/mol. The number of nitrogens with zero attached hydrogens (tertiary/aromatic N) is 2. The van der Waals surface area contributed by atoms with Crippen LogP contribution in [0.1, 0.15) is 11.5 Å². The molecule has 0 amide bonds. The van der Waals surface area contributed by atoms with Crippen LogP contribution < -0.4 is 5.32 Å². The Morgan fingerprint density at radius 2 is 2.10 bits per heavy atom. The molecule has 1 fully saturated rings. The molecule has 3 nitrogen and oxygen atoms in total. The molecule has 110 valence electrons. The molecule has 3 rings (SSSR count). The summed E-state index contributed by atoms with van der Waals surface area (Å²) in [5.41, 5.74) is 1.56. The van der Waals surface area contributed by atoms with E-state index in [9.17, 15) is 0 Å². The molecule has 1 atom stereocenters. The van der Waals surface area contributed by atoms with Crippen molar-refractivity contribution in [2.24, 2.45) is 0 Å². The minimum atomic E-state index is 0.712. The van der Waals surface area contributed by atoms with Gasteiger partial charge in [0, 0.05) is 62.4 Å². The molecule has 2 heterocycles. The fourth-order valence-electron chi connectivity index (χ4n) is 3.09. The van der Waals surface area contributed by atoms with Gasteiger partial charge in [-0.15, -0.1) is 11.8 Å². The quantitative estimate of drug-likeness (QED) is 0.890. The van der Waals surface area contributed by atoms with E-state index in [-0.39, 0.29) is 0 Å². The van der Waals surface area contributed by atoms with Gasteiger partial charge in [-0.1, -0.05) is 18.2 Å². The second kappa shape index (κ2) is 6.94. The Hall–Kier alpha value is -0.550. The van der Waals surface area contributed by atoms with Crippen LogP contribution >= 0.6 is 11.8 Å². The molecule has 0 aliphatic carbocycles. The van der Waals surface area contributed by atoms with Crippen molar-refractivity contribution in [3.05, 3.63) is 29.8 Å². The van der Waals surface area contributed by atoms with Crippen LogP contribution in [0, 0.1) is 0 Å². The second-order valence-corrected chi connectivity index (χ2v) is 6.96. The van der Waals surface area contributed by atoms with Gasteiger partial charge in [0.05, 0.1) is 0 Å². The zero-order valence-electron chi connectivity index (χ0n) is 12.3. The van der Waals surface area contributed by atoms with Crippen molar-refractivity contribution in [3.63, 3.8) is 0 Å². The molecule has 2 aliphatic heterocycles. The lowest BCUT2D eigenvalue weighted by Crippen LogP contribution is -2.46. The molecule has 1 N–H and O–H groups in total. The Labute approximate surface area is 126 Å². The number of rotatable bonds is 5. The maximum atomic E-state index is 3.41. The summed E-state index contributed by atoms with van der Waals surface area (Å²) < 4.78 is 0. The number of likely N-dealkylation sites (N-methyl/N-ethyl adjacent to an activating group) is 1. The molecule has 0 radical (unpaired) electrons. The number of nitrogens with one attached hydrogen (secondary N) is 1. The first kappa shape index (κ1) is 14.4. The maximum Gasteiger partial charge on any atom is 0.0110 e. The summed E-state index contributed by atoms with van der Waals surface area (Å²) in [6, 6.07) is 8.91. The molecule has 2 aliphatic rings. The average Bonchev–Trinajstić information content (AvgIpc) is 2.90. The summed E-state index contributed by atoms with van der Waals surface area (Å²) >= 11 is 2.02. The van der Waals surface area contributed by atoms with Gasteiger partial charge in [0.2, 0.25) is 0 Å². The van der Waals surface area contributed by atoms with Crippen LogP contribution in [0.5, 0.6) is 0 Å². The van der Waals surface area contributed by atoms with Crippen LogP contribution in [0.3, 0.4) is 0 Å². The van der Waals surface area contributed by atoms with Crippen LogP contribution in [0.2, 0.25) is 0 Å². The van der Waals surface area contributed by atoms with Gasteiger partial charge in [-0.2, -0.15) is 0 Å². The van der Waals surface area contributed by atoms with Crippen LogP contribution in [0.25, 0.3) is 0 Å². The van der Waals surface area contributed by atoms with E-state index in [1.807, 2.05) is 11.8 Å². The van der Waals surface area contributed by atoms with Crippen molar-refractivity contribution in [3.8, 4) is 0 Å². The van der Waals surface area contributed by atoms with E-state index in [2.05, 4.69) is 46.4 Å². The van der Waals surface area contributed by atoms with Crippen LogP contribution in [0.15, 0.2) is 29.2 Å². The van der Waals surface area contributed by atoms with Gasteiger partial charge in [-0.3, -0.25) is 4.90 Å². The smallest absolute Gasteiger partial charge is 0.0110 e. The Morgan fingerprint density at radius 3 is 2.95 bits per heavy atom. The van der Waals surface area contributed by atoms with Crippen molar-refractivity contribution >= 4 is 11.8 Å². The van der Waals surface area contributed by atoms with Gasteiger partial charge in [-0.25, -0.2) is 0 Å². The lowest BCUT2D eigenvalue weighted by molar-refractivity contribution is 0.202. The zero-order chi connectivity index (χ0) is 13.8. The first-order chi connectivity index (χ1) is 9.83. The maximum absolute atomic E-state index is 3.41. The highest BCUT2D eigenvalue weighted by Crippen LogP contribution is 2.39. The first-order valence-corrected chi connectivity index (χ1v) is 8.65. The predicted octanol–water partition coefficient (Wildman–Crippen LogP) is 1.71. The van der Waals surface area contributed by atoms with E-state index < -0.39 is 0 Å². The molecular formula is C16H25N3S. The summed E-state index contributed by atoms with van der Waals surface area (Å²) in [6.07, 6.45) is 0. The van der Waals surface area contributed by atoms with E-state index in [0.717, 1.165) is 13.1 Å². The molecule has 1 unspecified atom stereocenters. The standard InChI is InChI=1S/C16H25N3S/c1-18(10-11-19-8-6-17-7-9-19)12-14-13-20-16-5-3-2-4-15(14)16/h2-5,14,17H,6-13H2,1H3. The van der Waals surface area contributed by atoms with Gasteiger partial charge in [-0.05, 0) is 18.7 Å². The largest absolute Gasteiger partial charge is 0.314 e. The number of hydrogen-bond donors (Lipinski definition) is 1. The van der Waals surface area contributed by atoms with Gasteiger partial charge >= 0.3 is 0 Å². The Balaban J connectivity index is 1.46. The van der Waals surface area contributed by atoms with Gasteiger partial charge in [0.25, 0.3) is 0 Å². The SMILES string of the molecule is CN(CCN1CCNCC1)CC1CSc2ccccc21. The first-order valence-electron chi connectivity index (χ1n) is 7.66. The average molecular weight is 291 g/mol. The summed E-state index contributed by atoms with van der Waals surface area (Å²) in [7, 11) is 2.27. The number of fused-ring (bicyclic) bond motifs is 1. The highest BCUT2D eigenvalue weighted by molar-refractivity contribution is 7.99. The predicted molar refractivity (Wildman–Crippen MR) is 86.7 cm³/mol. The highest BCUT2D eigenvalue weighted by atomic mass is 32.2. The summed E-state index contributed by atoms with van der Waals surface area (Å²) in [5.74, 6) is 1.96. The molecule has 1 aromatic carbocycles. The molecule has 20 heavy (non-hydrogen) atoms. The number of piperazine rings is 1. The Kier molecular flexibility index (Phi) is 4.99. The molecule has 0 aromatic heterocycles. The van der Waals surface area contributed by atoms with Gasteiger partial charge in [0.1, 0.15) is 0 Å². The lowest BCUT2D eigenvalue weighted by Gasteiger charge is -2.29. The summed E-state index contributed by atoms with van der Waals surface area (Å²) in [5, 5.41) is 3.41. The fraction of sp³-hybridized carbons (Fsp3) is 0.625. The van der Waals surface area contributed by atoms with Crippen LogP contribution in [-0.4, -0.2) is 68.4 Å². The van der Waals surface area contributed by atoms with E-state index in [1.165, 1.54) is 43.4 Å². The van der Waals surface area contributed by atoms with Crippen LogP contribution in [-0.2, 0) is 0 Å². The number of hydrogen-bond acceptors (Lipinski definition) is 4. The molecule has 0 bridgehead atoms. The molecule has 1 saturated heterocycles. The van der Waals surface area contributed by atoms with E-state index >= 15 is 0 Å². The molecule has 1 aromatic rings. The number of thioether (sulfide) groups is 1. The van der Waals surface area contributed by atoms with Crippen LogP contribution in [0.4, 0.5) is 0 Å². The van der Waals surface area contributed by atoms with Gasteiger partial charge in [0.15, 0.2) is 0 Å². The number of benzene rings is 1. The van der Waals surface area contributed by atoms with E-state index in [4.69, 9.17) is 0 Å². The van der Waals surface area contributed by atoms with E-state index in [0.29, 0.717) is 5.92 Å². The molecule has 4 heteroatoms. The van der Waals surface area contributed by atoms with Crippen molar-refractivity contribution < 1.29 is 0 Å². The van der Waals surface area contributed by atoms with Crippen molar-refractivity contribution in [2.45, 2.75) is 10.8 Å². The normalized spacial score (nSPS) is 23.2. The van der Waals surface area contributed by atoms with E-state index in [1.54, 1.807) is 5.56 Å². The Morgan fingerprint density at radius 1 is 1.30 bits per heavy atom. The fourth-order valence-corrected chi connectivity index (χ4v) is 4.34. The van der Waals surface area contributed by atoms with Crippen molar-refractivity contribution in [1.29, 1.82) is 0 Å². The highest BCUT2D eigenvalue weighted by Gasteiger charge is 2.23. The Bertz CT molecular complexity index is 431. The van der Waals surface area contributed by atoms with Crippen molar-refractivity contribution in [2.75, 3.05) is 58.6 Å². The molecule has 0 spiro atoms. The minimum Gasteiger partial charge on any atom is -0.314 e. The summed E-state index contributed by atoms with van der Waals surface area (Å²) in [6.45, 7) is 8.29.